The number of nitrogens with one attached hydrogen (secondary N) is 2. The maximum atomic E-state index is 12.5. The topological polar surface area (TPSA) is 92.5 Å². The number of epoxide rings is 2. The zero-order chi connectivity index (χ0) is 21.9. The molecule has 31 heavy (non-hydrogen) atoms. The molecule has 0 saturated carbocycles. The molecule has 2 saturated heterocycles. The van der Waals surface area contributed by atoms with E-state index in [-0.39, 0.29) is 0 Å². The van der Waals surface area contributed by atoms with Gasteiger partial charge in [0.05, 0.1) is 13.2 Å². The van der Waals surface area contributed by atoms with E-state index in [1.54, 1.807) is 0 Å². The summed E-state index contributed by atoms with van der Waals surface area (Å²) in [6, 6.07) is 18.5. The molecule has 0 aliphatic carbocycles. The van der Waals surface area contributed by atoms with E-state index in [2.05, 4.69) is 23.8 Å². The molecule has 160 valence electrons. The minimum atomic E-state index is -1.40. The first kappa shape index (κ1) is 21.0. The van der Waals surface area contributed by atoms with Gasteiger partial charge in [-0.1, -0.05) is 73.8 Å². The summed E-state index contributed by atoms with van der Waals surface area (Å²) in [5.74, 6) is -0.874. The summed E-state index contributed by atoms with van der Waals surface area (Å²) in [5.41, 5.74) is -1.46. The first-order chi connectivity index (χ1) is 15.0. The van der Waals surface area contributed by atoms with Crippen molar-refractivity contribution >= 4 is 11.8 Å². The van der Waals surface area contributed by atoms with Crippen LogP contribution in [0.15, 0.2) is 86.0 Å². The van der Waals surface area contributed by atoms with Crippen molar-refractivity contribution in [3.8, 4) is 0 Å². The zero-order valence-electron chi connectivity index (χ0n) is 17.0. The lowest BCUT2D eigenvalue weighted by molar-refractivity contribution is -0.217. The highest BCUT2D eigenvalue weighted by molar-refractivity contribution is 5.88. The van der Waals surface area contributed by atoms with Crippen LogP contribution < -0.4 is 10.6 Å². The summed E-state index contributed by atoms with van der Waals surface area (Å²) in [6.45, 7) is 7.88. The summed E-state index contributed by atoms with van der Waals surface area (Å²) < 4.78 is 18.1. The van der Waals surface area contributed by atoms with Gasteiger partial charge >= 0.3 is 0 Å². The second-order valence-electron chi connectivity index (χ2n) is 7.34. The van der Waals surface area contributed by atoms with Crippen LogP contribution in [0.5, 0.6) is 0 Å². The van der Waals surface area contributed by atoms with Gasteiger partial charge in [0.15, 0.2) is 11.4 Å². The lowest BCUT2D eigenvalue weighted by atomic mass is 9.94. The lowest BCUT2D eigenvalue weighted by Crippen LogP contribution is -2.62. The summed E-state index contributed by atoms with van der Waals surface area (Å²) >= 11 is 0. The Kier molecular flexibility index (Phi) is 5.73. The maximum Gasteiger partial charge on any atom is 0.245 e. The molecule has 2 aromatic carbocycles. The highest BCUT2D eigenvalue weighted by Crippen LogP contribution is 2.45. The van der Waals surface area contributed by atoms with Gasteiger partial charge in [-0.2, -0.15) is 0 Å². The third-order valence-corrected chi connectivity index (χ3v) is 5.29. The number of hydrogen-bond acceptors (Lipinski definition) is 5. The van der Waals surface area contributed by atoms with Crippen molar-refractivity contribution in [2.24, 2.45) is 0 Å². The number of amides is 2. The van der Waals surface area contributed by atoms with Crippen molar-refractivity contribution in [2.45, 2.75) is 23.7 Å². The smallest absolute Gasteiger partial charge is 0.245 e. The molecule has 7 heteroatoms. The van der Waals surface area contributed by atoms with Crippen LogP contribution in [0.2, 0.25) is 0 Å². The molecule has 0 spiro atoms. The van der Waals surface area contributed by atoms with Crippen LogP contribution in [0.25, 0.3) is 0 Å². The zero-order valence-corrected chi connectivity index (χ0v) is 17.0. The van der Waals surface area contributed by atoms with Crippen molar-refractivity contribution in [1.29, 1.82) is 0 Å². The molecule has 4 unspecified atom stereocenters. The Morgan fingerprint density at radius 2 is 1.16 bits per heavy atom. The third-order valence-electron chi connectivity index (χ3n) is 5.29. The van der Waals surface area contributed by atoms with Gasteiger partial charge in [-0.3, -0.25) is 9.59 Å². The lowest BCUT2D eigenvalue weighted by Gasteiger charge is -2.43. The molecule has 0 radical (unpaired) electrons. The summed E-state index contributed by atoms with van der Waals surface area (Å²) in [7, 11) is 0. The van der Waals surface area contributed by atoms with E-state index in [1.165, 1.54) is 12.2 Å². The van der Waals surface area contributed by atoms with E-state index in [1.807, 2.05) is 60.7 Å². The quantitative estimate of drug-likeness (QED) is 0.349. The van der Waals surface area contributed by atoms with E-state index in [0.29, 0.717) is 24.3 Å². The van der Waals surface area contributed by atoms with Gasteiger partial charge < -0.3 is 24.8 Å². The molecular weight excluding hydrogens is 396 g/mol. The number of carbonyl (C=O) groups excluding carboxylic acids is 2. The van der Waals surface area contributed by atoms with Crippen LogP contribution in [0.3, 0.4) is 0 Å². The molecule has 2 N–H and O–H groups in total. The van der Waals surface area contributed by atoms with Crippen molar-refractivity contribution in [1.82, 2.24) is 10.6 Å². The fraction of sp³-hybridized carbons (Fsp3) is 0.250. The third kappa shape index (κ3) is 4.16. The van der Waals surface area contributed by atoms with Crippen LogP contribution in [0.1, 0.15) is 11.1 Å². The molecular formula is C24H24N2O5. The summed E-state index contributed by atoms with van der Waals surface area (Å²) in [4.78, 5) is 25.0. The van der Waals surface area contributed by atoms with E-state index in [0.717, 1.165) is 0 Å². The number of ether oxygens (including phenoxy) is 3. The molecule has 0 bridgehead atoms. The Bertz CT molecular complexity index is 892. The molecule has 2 aliphatic rings. The number of hydrogen-bond donors (Lipinski definition) is 2. The van der Waals surface area contributed by atoms with Gasteiger partial charge in [0.25, 0.3) is 0 Å². The van der Waals surface area contributed by atoms with Crippen LogP contribution in [-0.4, -0.2) is 37.2 Å². The van der Waals surface area contributed by atoms with E-state index in [9.17, 15) is 9.59 Å². The van der Waals surface area contributed by atoms with Gasteiger partial charge in [-0.05, 0) is 12.2 Å². The number of rotatable bonds is 10. The molecule has 2 aliphatic heterocycles. The number of carbonyl (C=O) groups is 2. The van der Waals surface area contributed by atoms with Crippen molar-refractivity contribution in [2.75, 3.05) is 13.2 Å². The van der Waals surface area contributed by atoms with Crippen LogP contribution in [-0.2, 0) is 35.2 Å². The fourth-order valence-electron chi connectivity index (χ4n) is 3.64. The van der Waals surface area contributed by atoms with E-state index >= 15 is 0 Å². The van der Waals surface area contributed by atoms with Crippen molar-refractivity contribution in [3.05, 3.63) is 97.1 Å². The molecule has 4 atom stereocenters. The van der Waals surface area contributed by atoms with Crippen LogP contribution >= 0.6 is 0 Å². The van der Waals surface area contributed by atoms with Gasteiger partial charge in [-0.25, -0.2) is 0 Å². The average molecular weight is 420 g/mol. The highest BCUT2D eigenvalue weighted by Gasteiger charge is 2.60. The Morgan fingerprint density at radius 1 is 0.806 bits per heavy atom. The van der Waals surface area contributed by atoms with E-state index in [4.69, 9.17) is 14.2 Å². The van der Waals surface area contributed by atoms with Gasteiger partial charge in [-0.15, -0.1) is 0 Å². The minimum Gasteiger partial charge on any atom is -0.367 e. The van der Waals surface area contributed by atoms with Crippen molar-refractivity contribution in [3.63, 3.8) is 0 Å². The highest BCUT2D eigenvalue weighted by atomic mass is 16.7. The van der Waals surface area contributed by atoms with Gasteiger partial charge in [0, 0.05) is 11.1 Å². The van der Waals surface area contributed by atoms with Crippen molar-refractivity contribution < 1.29 is 23.8 Å². The second kappa shape index (κ2) is 8.47. The SMILES string of the molecule is C=CC(=O)NC(OC(NC(=O)C=C)(c1ccccc1)C1CO1)(c1ccccc1)C1CO1. The molecule has 7 nitrogen and oxygen atoms in total. The van der Waals surface area contributed by atoms with E-state index < -0.39 is 35.5 Å². The second-order valence-corrected chi connectivity index (χ2v) is 7.34. The monoisotopic (exact) mass is 420 g/mol. The molecule has 2 fully saturated rings. The Balaban J connectivity index is 1.88. The minimum absolute atomic E-state index is 0.373. The fourth-order valence-corrected chi connectivity index (χ4v) is 3.64. The number of benzene rings is 2. The Hall–Kier alpha value is -3.26. The predicted octanol–water partition coefficient (Wildman–Crippen LogP) is 2.11. The maximum absolute atomic E-state index is 12.5. The van der Waals surface area contributed by atoms with Crippen LogP contribution in [0.4, 0.5) is 0 Å². The summed E-state index contributed by atoms with van der Waals surface area (Å²) in [5, 5.41) is 5.84. The summed E-state index contributed by atoms with van der Waals surface area (Å²) in [6.07, 6.45) is 1.40. The largest absolute Gasteiger partial charge is 0.367 e. The molecule has 4 rings (SSSR count). The average Bonchev–Trinajstić information content (AvgIpc) is 3.71. The first-order valence-electron chi connectivity index (χ1n) is 9.97. The van der Waals surface area contributed by atoms with Gasteiger partial charge in [0.2, 0.25) is 11.8 Å². The Morgan fingerprint density at radius 3 is 1.45 bits per heavy atom. The standard InChI is InChI=1S/C24H24N2O5/c1-3-21(27)25-23(19-15-29-19,17-11-7-5-8-12-17)31-24(20-16-30-20,26-22(28)4-2)18-13-9-6-10-14-18/h3-14,19-20H,1-2,15-16H2,(H,25,27)(H,26,28). The molecule has 0 aromatic heterocycles. The van der Waals surface area contributed by atoms with Crippen LogP contribution in [0, 0.1) is 0 Å². The molecule has 2 amide bonds. The first-order valence-corrected chi connectivity index (χ1v) is 9.97. The van der Waals surface area contributed by atoms with Gasteiger partial charge in [0.1, 0.15) is 12.2 Å². The molecule has 2 aromatic rings. The predicted molar refractivity (Wildman–Crippen MR) is 113 cm³/mol. The Labute approximate surface area is 180 Å². The normalized spacial score (nSPS) is 22.8. The molecule has 2 heterocycles.